The highest BCUT2D eigenvalue weighted by Gasteiger charge is 2.11. The Balaban J connectivity index is 1.78. The largest absolute Gasteiger partial charge is 0.382 e. The van der Waals surface area contributed by atoms with Gasteiger partial charge in [0.25, 0.3) is 0 Å². The Morgan fingerprint density at radius 3 is 2.91 bits per heavy atom. The van der Waals surface area contributed by atoms with Crippen LogP contribution in [0.15, 0.2) is 30.6 Å². The van der Waals surface area contributed by atoms with Gasteiger partial charge in [0.05, 0.1) is 17.4 Å². The van der Waals surface area contributed by atoms with E-state index in [2.05, 4.69) is 19.9 Å². The van der Waals surface area contributed by atoms with E-state index in [4.69, 9.17) is 5.73 Å². The second-order valence-corrected chi connectivity index (χ2v) is 5.63. The third-order valence-corrected chi connectivity index (χ3v) is 4.06. The number of imidazole rings is 1. The SMILES string of the molecule is CNC(=O)CCCCCn1cnc2c(N)nc3ccccc3c21. The summed E-state index contributed by atoms with van der Waals surface area (Å²) in [5, 5.41) is 3.71. The van der Waals surface area contributed by atoms with Crippen LogP contribution in [0.4, 0.5) is 5.82 Å². The first kappa shape index (κ1) is 15.3. The average molecular weight is 311 g/mol. The van der Waals surface area contributed by atoms with E-state index in [0.717, 1.165) is 47.7 Å². The van der Waals surface area contributed by atoms with Gasteiger partial charge in [0.1, 0.15) is 5.52 Å². The van der Waals surface area contributed by atoms with Crippen molar-refractivity contribution in [3.8, 4) is 0 Å². The number of aryl methyl sites for hydroxylation is 1. The van der Waals surface area contributed by atoms with Crippen LogP contribution >= 0.6 is 0 Å². The zero-order valence-corrected chi connectivity index (χ0v) is 13.2. The van der Waals surface area contributed by atoms with Gasteiger partial charge in [-0.15, -0.1) is 0 Å². The van der Waals surface area contributed by atoms with Crippen molar-refractivity contribution in [3.63, 3.8) is 0 Å². The summed E-state index contributed by atoms with van der Waals surface area (Å²) in [5.41, 5.74) is 8.72. The van der Waals surface area contributed by atoms with Crippen LogP contribution in [0, 0.1) is 0 Å². The summed E-state index contributed by atoms with van der Waals surface area (Å²) in [6, 6.07) is 7.97. The lowest BCUT2D eigenvalue weighted by molar-refractivity contribution is -0.120. The maximum atomic E-state index is 11.2. The van der Waals surface area contributed by atoms with Gasteiger partial charge in [-0.25, -0.2) is 9.97 Å². The fraction of sp³-hybridized carbons (Fsp3) is 0.353. The molecule has 3 rings (SSSR count). The zero-order valence-electron chi connectivity index (χ0n) is 13.2. The minimum Gasteiger partial charge on any atom is -0.382 e. The third-order valence-electron chi connectivity index (χ3n) is 4.06. The van der Waals surface area contributed by atoms with E-state index in [0.29, 0.717) is 12.2 Å². The van der Waals surface area contributed by atoms with E-state index < -0.39 is 0 Å². The number of rotatable bonds is 6. The highest BCUT2D eigenvalue weighted by atomic mass is 16.1. The molecule has 3 aromatic rings. The highest BCUT2D eigenvalue weighted by Crippen LogP contribution is 2.27. The lowest BCUT2D eigenvalue weighted by Gasteiger charge is -2.07. The Kier molecular flexibility index (Phi) is 4.41. The lowest BCUT2D eigenvalue weighted by Crippen LogP contribution is -2.16. The molecule has 0 atom stereocenters. The van der Waals surface area contributed by atoms with Crippen molar-refractivity contribution in [2.24, 2.45) is 0 Å². The van der Waals surface area contributed by atoms with E-state index >= 15 is 0 Å². The Hall–Kier alpha value is -2.63. The molecule has 0 saturated heterocycles. The Morgan fingerprint density at radius 2 is 2.09 bits per heavy atom. The molecule has 1 amide bonds. The first-order chi connectivity index (χ1) is 11.2. The van der Waals surface area contributed by atoms with Crippen molar-refractivity contribution in [3.05, 3.63) is 30.6 Å². The van der Waals surface area contributed by atoms with Crippen molar-refractivity contribution in [2.45, 2.75) is 32.2 Å². The van der Waals surface area contributed by atoms with Gasteiger partial charge in [-0.3, -0.25) is 4.79 Å². The average Bonchev–Trinajstić information content (AvgIpc) is 2.99. The number of benzene rings is 1. The minimum atomic E-state index is 0.0999. The number of fused-ring (bicyclic) bond motifs is 3. The number of amides is 1. The van der Waals surface area contributed by atoms with Gasteiger partial charge in [-0.1, -0.05) is 24.6 Å². The molecule has 1 aromatic carbocycles. The van der Waals surface area contributed by atoms with Crippen LogP contribution in [0.25, 0.3) is 21.9 Å². The zero-order chi connectivity index (χ0) is 16.2. The van der Waals surface area contributed by atoms with E-state index in [1.165, 1.54) is 0 Å². The molecule has 0 radical (unpaired) electrons. The first-order valence-electron chi connectivity index (χ1n) is 7.90. The van der Waals surface area contributed by atoms with Crippen LogP contribution in [0.3, 0.4) is 0 Å². The number of anilines is 1. The van der Waals surface area contributed by atoms with Gasteiger partial charge >= 0.3 is 0 Å². The summed E-state index contributed by atoms with van der Waals surface area (Å²) < 4.78 is 2.13. The highest BCUT2D eigenvalue weighted by molar-refractivity contribution is 6.06. The van der Waals surface area contributed by atoms with Crippen molar-refractivity contribution in [1.82, 2.24) is 19.9 Å². The normalized spacial score (nSPS) is 11.2. The van der Waals surface area contributed by atoms with Crippen molar-refractivity contribution in [2.75, 3.05) is 12.8 Å². The molecular weight excluding hydrogens is 290 g/mol. The maximum absolute atomic E-state index is 11.2. The number of carbonyl (C=O) groups is 1. The molecule has 2 heterocycles. The summed E-state index contributed by atoms with van der Waals surface area (Å²) in [6.45, 7) is 0.859. The van der Waals surface area contributed by atoms with Crippen LogP contribution < -0.4 is 11.1 Å². The third kappa shape index (κ3) is 3.11. The van der Waals surface area contributed by atoms with Gasteiger partial charge in [-0.05, 0) is 18.9 Å². The Morgan fingerprint density at radius 1 is 1.26 bits per heavy atom. The number of nitrogens with two attached hydrogens (primary N) is 1. The quantitative estimate of drug-likeness (QED) is 0.685. The molecule has 0 saturated carbocycles. The molecule has 0 aliphatic rings. The van der Waals surface area contributed by atoms with Gasteiger partial charge < -0.3 is 15.6 Å². The molecule has 0 aliphatic heterocycles. The standard InChI is InChI=1S/C17H21N5O/c1-19-14(23)9-3-2-6-10-22-11-20-15-16(22)12-7-4-5-8-13(12)21-17(15)18/h4-5,7-8,11H,2-3,6,9-10H2,1H3,(H2,18,21)(H,19,23). The fourth-order valence-electron chi connectivity index (χ4n) is 2.85. The predicted molar refractivity (Wildman–Crippen MR) is 92.0 cm³/mol. The number of nitrogens with zero attached hydrogens (tertiary/aromatic N) is 3. The van der Waals surface area contributed by atoms with E-state index in [1.807, 2.05) is 30.6 Å². The second-order valence-electron chi connectivity index (χ2n) is 5.63. The van der Waals surface area contributed by atoms with Crippen LogP contribution in [-0.2, 0) is 11.3 Å². The first-order valence-corrected chi connectivity index (χ1v) is 7.90. The summed E-state index contributed by atoms with van der Waals surface area (Å²) in [7, 11) is 1.67. The number of pyridine rings is 1. The van der Waals surface area contributed by atoms with Gasteiger partial charge in [0.15, 0.2) is 5.82 Å². The van der Waals surface area contributed by atoms with E-state index in [-0.39, 0.29) is 5.91 Å². The lowest BCUT2D eigenvalue weighted by atomic mass is 10.1. The Labute approximate surface area is 134 Å². The molecule has 120 valence electrons. The molecule has 0 fully saturated rings. The number of carbonyl (C=O) groups excluding carboxylic acids is 1. The fourth-order valence-corrected chi connectivity index (χ4v) is 2.85. The van der Waals surface area contributed by atoms with Crippen LogP contribution in [0.5, 0.6) is 0 Å². The summed E-state index contributed by atoms with van der Waals surface area (Å²) >= 11 is 0. The molecule has 0 aliphatic carbocycles. The summed E-state index contributed by atoms with van der Waals surface area (Å²) in [4.78, 5) is 20.0. The van der Waals surface area contributed by atoms with Gasteiger partial charge in [0.2, 0.25) is 5.91 Å². The monoisotopic (exact) mass is 311 g/mol. The molecule has 6 nitrogen and oxygen atoms in total. The summed E-state index contributed by atoms with van der Waals surface area (Å²) in [6.07, 6.45) is 5.32. The maximum Gasteiger partial charge on any atom is 0.219 e. The topological polar surface area (TPSA) is 85.8 Å². The number of hydrogen-bond donors (Lipinski definition) is 2. The number of aromatic nitrogens is 3. The van der Waals surface area contributed by atoms with Crippen LogP contribution in [0.2, 0.25) is 0 Å². The molecule has 0 spiro atoms. The predicted octanol–water partition coefficient (Wildman–Crippen LogP) is 2.47. The molecule has 3 N–H and O–H groups in total. The molecule has 2 aromatic heterocycles. The van der Waals surface area contributed by atoms with E-state index in [1.54, 1.807) is 7.05 Å². The van der Waals surface area contributed by atoms with Gasteiger partial charge in [0, 0.05) is 25.4 Å². The molecule has 0 unspecified atom stereocenters. The van der Waals surface area contributed by atoms with Crippen molar-refractivity contribution < 1.29 is 4.79 Å². The van der Waals surface area contributed by atoms with Crippen LogP contribution in [-0.4, -0.2) is 27.5 Å². The van der Waals surface area contributed by atoms with Crippen molar-refractivity contribution >= 4 is 33.7 Å². The van der Waals surface area contributed by atoms with Crippen LogP contribution in [0.1, 0.15) is 25.7 Å². The molecular formula is C17H21N5O. The molecule has 6 heteroatoms. The number of hydrogen-bond acceptors (Lipinski definition) is 4. The number of para-hydroxylation sites is 1. The Bertz CT molecular complexity index is 839. The number of unbranched alkanes of at least 4 members (excludes halogenated alkanes) is 2. The van der Waals surface area contributed by atoms with Gasteiger partial charge in [-0.2, -0.15) is 0 Å². The van der Waals surface area contributed by atoms with Crippen molar-refractivity contribution in [1.29, 1.82) is 0 Å². The molecule has 23 heavy (non-hydrogen) atoms. The minimum absolute atomic E-state index is 0.0999. The van der Waals surface area contributed by atoms with E-state index in [9.17, 15) is 4.79 Å². The number of nitrogens with one attached hydrogen (secondary N) is 1. The smallest absolute Gasteiger partial charge is 0.219 e. The molecule has 0 bridgehead atoms. The second kappa shape index (κ2) is 6.64. The number of nitrogen functional groups attached to an aromatic ring is 1. The summed E-state index contributed by atoms with van der Waals surface area (Å²) in [5.74, 6) is 0.569.